The van der Waals surface area contributed by atoms with Gasteiger partial charge >= 0.3 is 21.8 Å². The van der Waals surface area contributed by atoms with Gasteiger partial charge in [0.1, 0.15) is 13.6 Å². The van der Waals surface area contributed by atoms with Crippen molar-refractivity contribution in [3.8, 4) is 0 Å². The molecule has 1 aliphatic rings. The molecule has 0 N–H and O–H groups in total. The van der Waals surface area contributed by atoms with Gasteiger partial charge in [0.25, 0.3) is 0 Å². The molecule has 1 saturated heterocycles. The number of halogens is 2. The summed E-state index contributed by atoms with van der Waals surface area (Å²) in [5.74, 6) is 2.24. The predicted octanol–water partition coefficient (Wildman–Crippen LogP) is 7.04. The zero-order valence-electron chi connectivity index (χ0n) is 26.4. The van der Waals surface area contributed by atoms with Crippen LogP contribution in [0, 0.1) is 35.5 Å². The monoisotopic (exact) mass is 648 g/mol. The summed E-state index contributed by atoms with van der Waals surface area (Å²) in [7, 11) is -4.43. The molecule has 1 heterocycles. The van der Waals surface area contributed by atoms with E-state index in [1.807, 2.05) is 0 Å². The van der Waals surface area contributed by atoms with E-state index in [1.54, 1.807) is 0 Å². The molecule has 4 unspecified atom stereocenters. The van der Waals surface area contributed by atoms with Crippen LogP contribution in [0.5, 0.6) is 0 Å². The van der Waals surface area contributed by atoms with E-state index in [9.17, 15) is 16.7 Å². The highest BCUT2D eigenvalue weighted by Crippen LogP contribution is 2.33. The van der Waals surface area contributed by atoms with Crippen LogP contribution in [-0.2, 0) is 40.7 Å². The maximum Gasteiger partial charge on any atom is 0.335 e. The lowest BCUT2D eigenvalue weighted by Gasteiger charge is -2.30. The molecule has 0 spiro atoms. The molecular weight excluding hydrogens is 590 g/mol. The molecular formula is C30H58F2O8S2. The molecule has 8 nitrogen and oxygen atoms in total. The Hall–Kier alpha value is -0.530. The number of ether oxygens (including phenoxy) is 4. The second-order valence-corrected chi connectivity index (χ2v) is 13.6. The van der Waals surface area contributed by atoms with Gasteiger partial charge in [0.2, 0.25) is 0 Å². The Morgan fingerprint density at radius 1 is 0.643 bits per heavy atom. The van der Waals surface area contributed by atoms with Crippen molar-refractivity contribution in [3.05, 3.63) is 0 Å². The van der Waals surface area contributed by atoms with Crippen LogP contribution in [0.25, 0.3) is 0 Å². The van der Waals surface area contributed by atoms with Crippen LogP contribution in [0.15, 0.2) is 0 Å². The standard InChI is InChI=1S/C30H58F2O6S.O2S/c1-25-11-6-18-35-23-37-20-8-13-27(3)30(16-10-22-39(32,33)34)28(4)14-9-21-38-24-36-19-7-12-26(2)29(25)15-5-17-31;1-3-2/h25-30H,5-24H2,1-4H3;. The molecule has 4 atom stereocenters. The highest BCUT2D eigenvalue weighted by molar-refractivity contribution is 7.86. The molecule has 0 amide bonds. The van der Waals surface area contributed by atoms with Gasteiger partial charge in [0.15, 0.2) is 0 Å². The van der Waals surface area contributed by atoms with Crippen molar-refractivity contribution < 1.29 is 44.1 Å². The van der Waals surface area contributed by atoms with Crippen LogP contribution < -0.4 is 0 Å². The lowest BCUT2D eigenvalue weighted by Crippen LogP contribution is -2.22. The first-order valence-electron chi connectivity index (χ1n) is 15.8. The number of hydrogen-bond acceptors (Lipinski definition) is 8. The quantitative estimate of drug-likeness (QED) is 0.271. The Morgan fingerprint density at radius 2 is 0.952 bits per heavy atom. The molecule has 0 aromatic rings. The third-order valence-electron chi connectivity index (χ3n) is 8.65. The zero-order chi connectivity index (χ0) is 31.6. The Morgan fingerprint density at radius 3 is 1.24 bits per heavy atom. The average Bonchev–Trinajstić information content (AvgIpc) is 2.92. The molecule has 12 heteroatoms. The fourth-order valence-electron chi connectivity index (χ4n) is 6.30. The van der Waals surface area contributed by atoms with Gasteiger partial charge in [-0.3, -0.25) is 4.39 Å². The summed E-state index contributed by atoms with van der Waals surface area (Å²) in [5, 5.41) is 0. The van der Waals surface area contributed by atoms with E-state index in [0.717, 1.165) is 57.8 Å². The molecule has 0 aromatic carbocycles. The molecule has 1 rings (SSSR count). The van der Waals surface area contributed by atoms with E-state index < -0.39 is 27.5 Å². The lowest BCUT2D eigenvalue weighted by atomic mass is 9.76. The highest BCUT2D eigenvalue weighted by Gasteiger charge is 2.25. The Balaban J connectivity index is 0.00000535. The second kappa shape index (κ2) is 26.8. The van der Waals surface area contributed by atoms with Crippen LogP contribution in [0.3, 0.4) is 0 Å². The minimum Gasteiger partial charge on any atom is -0.355 e. The number of rotatable bonds is 7. The van der Waals surface area contributed by atoms with Gasteiger partial charge in [-0.15, -0.1) is 3.89 Å². The zero-order valence-corrected chi connectivity index (χ0v) is 28.1. The van der Waals surface area contributed by atoms with Crippen LogP contribution in [0.2, 0.25) is 0 Å². The van der Waals surface area contributed by atoms with Gasteiger partial charge in [-0.2, -0.15) is 16.8 Å². The van der Waals surface area contributed by atoms with Crippen LogP contribution in [0.1, 0.15) is 105 Å². The molecule has 0 aliphatic carbocycles. The van der Waals surface area contributed by atoms with E-state index in [4.69, 9.17) is 27.4 Å². The summed E-state index contributed by atoms with van der Waals surface area (Å²) in [6.45, 7) is 11.9. The summed E-state index contributed by atoms with van der Waals surface area (Å²) in [4.78, 5) is 0. The average molecular weight is 649 g/mol. The van der Waals surface area contributed by atoms with Crippen LogP contribution in [0.4, 0.5) is 8.28 Å². The van der Waals surface area contributed by atoms with Crippen LogP contribution >= 0.6 is 0 Å². The maximum atomic E-state index is 13.1. The Labute approximate surface area is 258 Å². The topological polar surface area (TPSA) is 105 Å². The van der Waals surface area contributed by atoms with Crippen molar-refractivity contribution in [3.63, 3.8) is 0 Å². The summed E-state index contributed by atoms with van der Waals surface area (Å²) in [6, 6.07) is 0. The molecule has 0 saturated carbocycles. The van der Waals surface area contributed by atoms with E-state index in [1.165, 1.54) is 0 Å². The Kier molecular flexibility index (Phi) is 26.5. The summed E-state index contributed by atoms with van der Waals surface area (Å²) < 4.78 is 87.4. The van der Waals surface area contributed by atoms with Crippen molar-refractivity contribution in [1.82, 2.24) is 0 Å². The SMILES string of the molecule is CC1CCCOCOCCCC(C)C(CCCS(=O)(=O)F)C(C)CCCOCOCCCC(C)C1CCCF.O=S=O. The molecule has 0 radical (unpaired) electrons. The normalized spacial score (nSPS) is 29.4. The van der Waals surface area contributed by atoms with E-state index in [-0.39, 0.29) is 6.67 Å². The molecule has 0 bridgehead atoms. The summed E-state index contributed by atoms with van der Waals surface area (Å²) in [5.41, 5.74) is 0. The fraction of sp³-hybridized carbons (Fsp3) is 1.00. The first-order chi connectivity index (χ1) is 20.1. The first-order valence-corrected chi connectivity index (χ1v) is 18.0. The van der Waals surface area contributed by atoms with Crippen molar-refractivity contribution in [2.75, 3.05) is 52.4 Å². The fourth-order valence-corrected chi connectivity index (χ4v) is 6.81. The highest BCUT2D eigenvalue weighted by atomic mass is 32.3. The molecule has 42 heavy (non-hydrogen) atoms. The van der Waals surface area contributed by atoms with Crippen molar-refractivity contribution >= 4 is 21.8 Å². The van der Waals surface area contributed by atoms with E-state index in [2.05, 4.69) is 27.7 Å². The Bertz CT molecular complexity index is 734. The summed E-state index contributed by atoms with van der Waals surface area (Å²) in [6.07, 6.45) is 10.4. The van der Waals surface area contributed by atoms with Crippen LogP contribution in [-0.4, -0.2) is 69.3 Å². The van der Waals surface area contributed by atoms with Gasteiger partial charge in [-0.25, -0.2) is 0 Å². The van der Waals surface area contributed by atoms with Crippen molar-refractivity contribution in [2.24, 2.45) is 35.5 Å². The number of hydrogen-bond donors (Lipinski definition) is 0. The predicted molar refractivity (Wildman–Crippen MR) is 162 cm³/mol. The minimum atomic E-state index is -4.43. The third kappa shape index (κ3) is 22.9. The van der Waals surface area contributed by atoms with Crippen molar-refractivity contribution in [1.29, 1.82) is 0 Å². The summed E-state index contributed by atoms with van der Waals surface area (Å²) >= 11 is -0.750. The largest absolute Gasteiger partial charge is 0.355 e. The number of alkyl halides is 1. The second-order valence-electron chi connectivity index (χ2n) is 12.0. The minimum absolute atomic E-state index is 0.251. The van der Waals surface area contributed by atoms with Crippen molar-refractivity contribution in [2.45, 2.75) is 105 Å². The van der Waals surface area contributed by atoms with Gasteiger partial charge in [-0.05, 0) is 113 Å². The molecule has 0 aromatic heterocycles. The van der Waals surface area contributed by atoms with Gasteiger partial charge < -0.3 is 18.9 Å². The van der Waals surface area contributed by atoms with E-state index in [0.29, 0.717) is 94.8 Å². The maximum absolute atomic E-state index is 13.1. The third-order valence-corrected chi connectivity index (χ3v) is 9.42. The lowest BCUT2D eigenvalue weighted by molar-refractivity contribution is -0.0591. The molecule has 1 fully saturated rings. The molecule has 252 valence electrons. The van der Waals surface area contributed by atoms with Gasteiger partial charge in [-0.1, -0.05) is 27.7 Å². The van der Waals surface area contributed by atoms with Gasteiger partial charge in [0, 0.05) is 26.4 Å². The van der Waals surface area contributed by atoms with E-state index >= 15 is 0 Å². The smallest absolute Gasteiger partial charge is 0.335 e. The van der Waals surface area contributed by atoms with Gasteiger partial charge in [0.05, 0.1) is 12.4 Å². The first kappa shape index (κ1) is 41.5. The molecule has 1 aliphatic heterocycles.